The molecule has 0 unspecified atom stereocenters. The summed E-state index contributed by atoms with van der Waals surface area (Å²) < 4.78 is 4.66. The van der Waals surface area contributed by atoms with E-state index in [-0.39, 0.29) is 25.0 Å². The summed E-state index contributed by atoms with van der Waals surface area (Å²) in [5, 5.41) is 8.71. The Hall–Kier alpha value is -1.39. The average Bonchev–Trinajstić information content (AvgIpc) is 2.56. The van der Waals surface area contributed by atoms with Crippen LogP contribution in [0.4, 0.5) is 0 Å². The Kier molecular flexibility index (Phi) is 14.3. The fourth-order valence-corrected chi connectivity index (χ4v) is 2.78. The molecule has 0 rings (SSSR count). The molecule has 0 saturated heterocycles. The first kappa shape index (κ1) is 22.6. The van der Waals surface area contributed by atoms with Gasteiger partial charge in [0.2, 0.25) is 0 Å². The van der Waals surface area contributed by atoms with Gasteiger partial charge in [0.25, 0.3) is 0 Å². The van der Waals surface area contributed by atoms with Gasteiger partial charge in [-0.25, -0.2) is 0 Å². The van der Waals surface area contributed by atoms with Crippen molar-refractivity contribution in [1.82, 2.24) is 0 Å². The zero-order valence-electron chi connectivity index (χ0n) is 15.3. The number of ketones is 1. The molecule has 0 aromatic carbocycles. The summed E-state index contributed by atoms with van der Waals surface area (Å²) in [6, 6.07) is 0. The molecule has 5 heteroatoms. The predicted octanol–water partition coefficient (Wildman–Crippen LogP) is 4.52. The minimum Gasteiger partial charge on any atom is -0.481 e. The largest absolute Gasteiger partial charge is 0.481 e. The minimum atomic E-state index is -0.963. The van der Waals surface area contributed by atoms with Gasteiger partial charge >= 0.3 is 11.9 Å². The van der Waals surface area contributed by atoms with Crippen molar-refractivity contribution >= 4 is 17.7 Å². The highest BCUT2D eigenvalue weighted by molar-refractivity contribution is 5.84. The van der Waals surface area contributed by atoms with Gasteiger partial charge in [0.1, 0.15) is 5.78 Å². The summed E-state index contributed by atoms with van der Waals surface area (Å²) in [6.07, 6.45) is 11.3. The van der Waals surface area contributed by atoms with Crippen molar-refractivity contribution in [3.05, 3.63) is 0 Å². The first-order valence-electron chi connectivity index (χ1n) is 9.32. The monoisotopic (exact) mass is 342 g/mol. The van der Waals surface area contributed by atoms with E-state index in [1.807, 2.05) is 0 Å². The molecule has 0 aliphatic heterocycles. The maximum Gasteiger partial charge on any atom is 0.309 e. The summed E-state index contributed by atoms with van der Waals surface area (Å²) in [7, 11) is 1.26. The number of unbranched alkanes of at least 4 members (excludes halogenated alkanes) is 8. The number of aliphatic carboxylic acids is 1. The van der Waals surface area contributed by atoms with Crippen LogP contribution in [0.2, 0.25) is 0 Å². The van der Waals surface area contributed by atoms with Crippen LogP contribution in [0.15, 0.2) is 0 Å². The summed E-state index contributed by atoms with van der Waals surface area (Å²) in [5.74, 6) is -2.05. The van der Waals surface area contributed by atoms with E-state index in [1.165, 1.54) is 45.6 Å². The third-order valence-corrected chi connectivity index (χ3v) is 4.27. The van der Waals surface area contributed by atoms with E-state index in [0.29, 0.717) is 6.42 Å². The Labute approximate surface area is 146 Å². The summed E-state index contributed by atoms with van der Waals surface area (Å²) in [6.45, 7) is 2.21. The lowest BCUT2D eigenvalue weighted by Gasteiger charge is -2.12. The fourth-order valence-electron chi connectivity index (χ4n) is 2.78. The molecule has 0 aliphatic carbocycles. The number of carbonyl (C=O) groups is 3. The van der Waals surface area contributed by atoms with Crippen LogP contribution in [0, 0.1) is 5.92 Å². The van der Waals surface area contributed by atoms with Gasteiger partial charge in [-0.3, -0.25) is 14.4 Å². The van der Waals surface area contributed by atoms with Crippen molar-refractivity contribution in [2.75, 3.05) is 7.11 Å². The molecule has 140 valence electrons. The van der Waals surface area contributed by atoms with E-state index in [2.05, 4.69) is 11.7 Å². The number of ether oxygens (including phenoxy) is 1. The lowest BCUT2D eigenvalue weighted by molar-refractivity contribution is -0.148. The van der Waals surface area contributed by atoms with Gasteiger partial charge in [0.05, 0.1) is 13.0 Å². The Morgan fingerprint density at radius 3 is 1.92 bits per heavy atom. The Bertz CT molecular complexity index is 365. The van der Waals surface area contributed by atoms with Crippen LogP contribution >= 0.6 is 0 Å². The number of carbonyl (C=O) groups excluding carboxylic acids is 2. The number of Topliss-reactive ketones (excluding diaryl/α,β-unsaturated/α-hetero) is 1. The number of rotatable bonds is 16. The zero-order valence-corrected chi connectivity index (χ0v) is 15.3. The minimum absolute atomic E-state index is 0.0266. The van der Waals surface area contributed by atoms with Gasteiger partial charge in [-0.05, 0) is 12.8 Å². The van der Waals surface area contributed by atoms with Crippen LogP contribution in [-0.2, 0) is 19.1 Å². The zero-order chi connectivity index (χ0) is 18.2. The topological polar surface area (TPSA) is 80.7 Å². The van der Waals surface area contributed by atoms with Crippen LogP contribution in [-0.4, -0.2) is 29.9 Å². The molecule has 0 aliphatic rings. The van der Waals surface area contributed by atoms with E-state index < -0.39 is 17.9 Å². The van der Waals surface area contributed by atoms with Gasteiger partial charge < -0.3 is 9.84 Å². The van der Waals surface area contributed by atoms with Crippen LogP contribution in [0.1, 0.15) is 90.4 Å². The number of esters is 1. The highest BCUT2D eigenvalue weighted by atomic mass is 16.5. The SMILES string of the molecule is CCCCCCCCCCCC(=O)C[C@H](CCC(=O)O)C(=O)OC. The molecule has 5 nitrogen and oxygen atoms in total. The maximum absolute atomic E-state index is 12.0. The molecule has 0 aromatic rings. The van der Waals surface area contributed by atoms with Gasteiger partial charge in [0.15, 0.2) is 0 Å². The third-order valence-electron chi connectivity index (χ3n) is 4.27. The number of carboxylic acid groups (broad SMARTS) is 1. The normalized spacial score (nSPS) is 11.9. The van der Waals surface area contributed by atoms with Crippen molar-refractivity contribution in [2.24, 2.45) is 5.92 Å². The first-order chi connectivity index (χ1) is 11.5. The molecule has 0 spiro atoms. The second-order valence-corrected chi connectivity index (χ2v) is 6.47. The second kappa shape index (κ2) is 15.2. The summed E-state index contributed by atoms with van der Waals surface area (Å²) >= 11 is 0. The average molecular weight is 342 g/mol. The molecule has 1 atom stereocenters. The molecule has 0 aromatic heterocycles. The van der Waals surface area contributed by atoms with Gasteiger partial charge in [-0.2, -0.15) is 0 Å². The van der Waals surface area contributed by atoms with Crippen LogP contribution in [0.5, 0.6) is 0 Å². The van der Waals surface area contributed by atoms with Gasteiger partial charge in [0, 0.05) is 19.3 Å². The van der Waals surface area contributed by atoms with E-state index >= 15 is 0 Å². The molecule has 0 fully saturated rings. The molecule has 0 radical (unpaired) electrons. The summed E-state index contributed by atoms with van der Waals surface area (Å²) in [4.78, 5) is 34.2. The van der Waals surface area contributed by atoms with Crippen molar-refractivity contribution in [3.8, 4) is 0 Å². The van der Waals surface area contributed by atoms with E-state index in [9.17, 15) is 14.4 Å². The molecule has 0 heterocycles. The van der Waals surface area contributed by atoms with Crippen molar-refractivity contribution in [3.63, 3.8) is 0 Å². The number of hydrogen-bond acceptors (Lipinski definition) is 4. The third kappa shape index (κ3) is 13.1. The van der Waals surface area contributed by atoms with Crippen LogP contribution in [0.25, 0.3) is 0 Å². The molecule has 0 amide bonds. The Balaban J connectivity index is 3.80. The number of methoxy groups -OCH3 is 1. The number of hydrogen-bond donors (Lipinski definition) is 1. The molecule has 0 bridgehead atoms. The Morgan fingerprint density at radius 2 is 1.42 bits per heavy atom. The quantitative estimate of drug-likeness (QED) is 0.329. The van der Waals surface area contributed by atoms with E-state index in [4.69, 9.17) is 5.11 Å². The first-order valence-corrected chi connectivity index (χ1v) is 9.32. The Morgan fingerprint density at radius 1 is 0.875 bits per heavy atom. The van der Waals surface area contributed by atoms with Crippen molar-refractivity contribution < 1.29 is 24.2 Å². The fraction of sp³-hybridized carbons (Fsp3) is 0.842. The van der Waals surface area contributed by atoms with Crippen molar-refractivity contribution in [2.45, 2.75) is 90.4 Å². The van der Waals surface area contributed by atoms with Crippen molar-refractivity contribution in [1.29, 1.82) is 0 Å². The van der Waals surface area contributed by atoms with Gasteiger partial charge in [-0.1, -0.05) is 58.3 Å². The lowest BCUT2D eigenvalue weighted by atomic mass is 9.94. The highest BCUT2D eigenvalue weighted by Crippen LogP contribution is 2.17. The summed E-state index contributed by atoms with van der Waals surface area (Å²) in [5.41, 5.74) is 0. The van der Waals surface area contributed by atoms with Crippen LogP contribution in [0.3, 0.4) is 0 Å². The van der Waals surface area contributed by atoms with E-state index in [0.717, 1.165) is 19.3 Å². The predicted molar refractivity (Wildman–Crippen MR) is 93.8 cm³/mol. The standard InChI is InChI=1S/C19H34O5/c1-3-4-5-6-7-8-9-10-11-12-17(20)15-16(19(23)24-2)13-14-18(21)22/h16H,3-15H2,1-2H3,(H,21,22)/t16-/m0/s1. The molecule has 24 heavy (non-hydrogen) atoms. The smallest absolute Gasteiger partial charge is 0.309 e. The van der Waals surface area contributed by atoms with Crippen LogP contribution < -0.4 is 0 Å². The molecular weight excluding hydrogens is 308 g/mol. The molecule has 0 saturated carbocycles. The molecule has 1 N–H and O–H groups in total. The van der Waals surface area contributed by atoms with Gasteiger partial charge in [-0.15, -0.1) is 0 Å². The highest BCUT2D eigenvalue weighted by Gasteiger charge is 2.23. The molecular formula is C19H34O5. The maximum atomic E-state index is 12.0. The second-order valence-electron chi connectivity index (χ2n) is 6.47. The van der Waals surface area contributed by atoms with E-state index in [1.54, 1.807) is 0 Å². The number of carboxylic acids is 1. The lowest BCUT2D eigenvalue weighted by Crippen LogP contribution is -2.21.